The summed E-state index contributed by atoms with van der Waals surface area (Å²) < 4.78 is 0.504. The van der Waals surface area contributed by atoms with Gasteiger partial charge in [-0.05, 0) is 11.6 Å². The molecule has 3 saturated heterocycles. The predicted octanol–water partition coefficient (Wildman–Crippen LogP) is 0.596. The Hall–Kier alpha value is -0.975. The molecule has 0 spiro atoms. The van der Waals surface area contributed by atoms with Gasteiger partial charge in [-0.25, -0.2) is 0 Å². The van der Waals surface area contributed by atoms with E-state index in [0.717, 1.165) is 36.5 Å². The molecule has 0 aliphatic carbocycles. The SMILES string of the molecule is [B][N+]12CCC(CC1)C(O)(CNC(=S)Cc1cccnc1)C2. The van der Waals surface area contributed by atoms with Crippen molar-refractivity contribution in [2.75, 3.05) is 26.2 Å². The van der Waals surface area contributed by atoms with Crippen LogP contribution < -0.4 is 5.32 Å². The monoisotopic (exact) mass is 302 g/mol. The molecule has 4 heterocycles. The molecule has 2 radical (unpaired) electrons. The standard InChI is InChI=1S/C15H21BN3OS/c16-19-6-3-13(4-7-19)15(20,11-19)10-18-14(21)8-12-2-1-5-17-9-12/h1-2,5,9,13,20H,3-4,6-8,10-11H2,(H,18,21)/q+1. The fourth-order valence-corrected chi connectivity index (χ4v) is 3.89. The molecule has 3 aliphatic heterocycles. The Morgan fingerprint density at radius 2 is 2.29 bits per heavy atom. The van der Waals surface area contributed by atoms with Crippen LogP contribution in [0.4, 0.5) is 0 Å². The molecule has 4 nitrogen and oxygen atoms in total. The van der Waals surface area contributed by atoms with Crippen LogP contribution in [0.25, 0.3) is 0 Å². The number of aliphatic hydroxyl groups is 1. The summed E-state index contributed by atoms with van der Waals surface area (Å²) in [6.07, 6.45) is 6.23. The first-order chi connectivity index (χ1) is 9.99. The van der Waals surface area contributed by atoms with Gasteiger partial charge in [-0.15, -0.1) is 0 Å². The molecule has 21 heavy (non-hydrogen) atoms. The van der Waals surface area contributed by atoms with E-state index in [1.165, 1.54) is 0 Å². The van der Waals surface area contributed by atoms with Gasteiger partial charge in [0, 0.05) is 44.1 Å². The van der Waals surface area contributed by atoms with Gasteiger partial charge in [0.15, 0.2) is 0 Å². The second-order valence-corrected chi connectivity index (χ2v) is 7.01. The van der Waals surface area contributed by atoms with E-state index in [0.29, 0.717) is 29.8 Å². The Morgan fingerprint density at radius 1 is 1.52 bits per heavy atom. The van der Waals surface area contributed by atoms with E-state index >= 15 is 0 Å². The lowest BCUT2D eigenvalue weighted by molar-refractivity contribution is -0.846. The molecule has 2 bridgehead atoms. The lowest BCUT2D eigenvalue weighted by Crippen LogP contribution is -2.70. The molecule has 6 heteroatoms. The number of fused-ring (bicyclic) bond motifs is 3. The molecule has 1 atom stereocenters. The zero-order chi connectivity index (χ0) is 14.9. The van der Waals surface area contributed by atoms with E-state index in [1.807, 2.05) is 18.3 Å². The van der Waals surface area contributed by atoms with Crippen LogP contribution in [0.2, 0.25) is 0 Å². The Bertz CT molecular complexity index is 519. The number of nitrogens with zero attached hydrogens (tertiary/aromatic N) is 2. The number of pyridine rings is 1. The smallest absolute Gasteiger partial charge is 0.394 e. The van der Waals surface area contributed by atoms with Gasteiger partial charge in [0.2, 0.25) is 0 Å². The summed E-state index contributed by atoms with van der Waals surface area (Å²) >= 11 is 5.38. The quantitative estimate of drug-likeness (QED) is 0.631. The Balaban J connectivity index is 1.56. The van der Waals surface area contributed by atoms with Gasteiger partial charge in [0.05, 0.1) is 24.6 Å². The van der Waals surface area contributed by atoms with Crippen molar-refractivity contribution in [1.82, 2.24) is 10.3 Å². The normalized spacial score (nSPS) is 34.6. The van der Waals surface area contributed by atoms with Crippen LogP contribution >= 0.6 is 12.2 Å². The average Bonchev–Trinajstić information content (AvgIpc) is 2.46. The van der Waals surface area contributed by atoms with Crippen LogP contribution in [0.15, 0.2) is 24.5 Å². The highest BCUT2D eigenvalue weighted by atomic mass is 32.1. The molecule has 1 aromatic heterocycles. The second kappa shape index (κ2) is 5.67. The minimum Gasteiger partial charge on any atom is -0.394 e. The number of rotatable bonds is 4. The summed E-state index contributed by atoms with van der Waals surface area (Å²) in [5, 5.41) is 14.1. The van der Waals surface area contributed by atoms with Crippen molar-refractivity contribution in [3.05, 3.63) is 30.1 Å². The summed E-state index contributed by atoms with van der Waals surface area (Å²) in [6.45, 7) is 3.08. The molecule has 3 aliphatic rings. The van der Waals surface area contributed by atoms with E-state index in [4.69, 9.17) is 20.2 Å². The van der Waals surface area contributed by atoms with Gasteiger partial charge in [0.25, 0.3) is 0 Å². The highest BCUT2D eigenvalue weighted by molar-refractivity contribution is 7.80. The van der Waals surface area contributed by atoms with Crippen LogP contribution in [0, 0.1) is 5.92 Å². The third-order valence-corrected chi connectivity index (χ3v) is 5.16. The zero-order valence-corrected chi connectivity index (χ0v) is 13.0. The number of hydrogen-bond acceptors (Lipinski definition) is 3. The van der Waals surface area contributed by atoms with E-state index in [9.17, 15) is 5.11 Å². The summed E-state index contributed by atoms with van der Waals surface area (Å²) in [5.41, 5.74) is 0.350. The van der Waals surface area contributed by atoms with Crippen molar-refractivity contribution in [1.29, 1.82) is 0 Å². The molecule has 0 saturated carbocycles. The molecule has 1 unspecified atom stereocenters. The molecule has 3 fully saturated rings. The third-order valence-electron chi connectivity index (χ3n) is 4.87. The van der Waals surface area contributed by atoms with E-state index in [1.54, 1.807) is 6.20 Å². The highest BCUT2D eigenvalue weighted by Crippen LogP contribution is 2.38. The highest BCUT2D eigenvalue weighted by Gasteiger charge is 2.52. The van der Waals surface area contributed by atoms with Crippen molar-refractivity contribution in [3.8, 4) is 0 Å². The van der Waals surface area contributed by atoms with Crippen molar-refractivity contribution >= 4 is 25.2 Å². The minimum atomic E-state index is -0.732. The lowest BCUT2D eigenvalue weighted by Gasteiger charge is -2.55. The largest absolute Gasteiger partial charge is 0.481 e. The van der Waals surface area contributed by atoms with E-state index < -0.39 is 5.60 Å². The van der Waals surface area contributed by atoms with Gasteiger partial charge in [0.1, 0.15) is 5.60 Å². The van der Waals surface area contributed by atoms with Crippen molar-refractivity contribution in [3.63, 3.8) is 0 Å². The van der Waals surface area contributed by atoms with Crippen LogP contribution in [0.3, 0.4) is 0 Å². The Morgan fingerprint density at radius 3 is 2.90 bits per heavy atom. The zero-order valence-electron chi connectivity index (χ0n) is 12.2. The van der Waals surface area contributed by atoms with Crippen molar-refractivity contribution < 1.29 is 9.50 Å². The first kappa shape index (κ1) is 14.9. The molecule has 1 aromatic rings. The van der Waals surface area contributed by atoms with Gasteiger partial charge in [-0.2, -0.15) is 0 Å². The number of aromatic nitrogens is 1. The van der Waals surface area contributed by atoms with Crippen LogP contribution in [-0.2, 0) is 6.42 Å². The average molecular weight is 302 g/mol. The first-order valence-corrected chi connectivity index (χ1v) is 7.93. The molecule has 4 rings (SSSR count). The Kier molecular flexibility index (Phi) is 4.03. The van der Waals surface area contributed by atoms with Crippen LogP contribution in [0.1, 0.15) is 18.4 Å². The second-order valence-electron chi connectivity index (χ2n) is 6.52. The maximum absolute atomic E-state index is 10.9. The third kappa shape index (κ3) is 3.28. The summed E-state index contributed by atoms with van der Waals surface area (Å²) in [7, 11) is 6.31. The fraction of sp³-hybridized carbons (Fsp3) is 0.600. The molecule has 110 valence electrons. The number of quaternary nitrogens is 1. The topological polar surface area (TPSA) is 45.1 Å². The Labute approximate surface area is 132 Å². The summed E-state index contributed by atoms with van der Waals surface area (Å²) in [5.74, 6) is 0.342. The molecular formula is C15H21BN3OS+. The van der Waals surface area contributed by atoms with Gasteiger partial charge < -0.3 is 14.8 Å². The minimum absolute atomic E-state index is 0.342. The van der Waals surface area contributed by atoms with Gasteiger partial charge in [-0.1, -0.05) is 18.3 Å². The number of hydrogen-bond donors (Lipinski definition) is 2. The predicted molar refractivity (Wildman–Crippen MR) is 86.8 cm³/mol. The molecule has 0 amide bonds. The van der Waals surface area contributed by atoms with Crippen LogP contribution in [0.5, 0.6) is 0 Å². The van der Waals surface area contributed by atoms with E-state index in [2.05, 4.69) is 10.3 Å². The lowest BCUT2D eigenvalue weighted by atomic mass is 9.71. The van der Waals surface area contributed by atoms with Gasteiger partial charge >= 0.3 is 7.98 Å². The number of piperidine rings is 3. The molecular weight excluding hydrogens is 281 g/mol. The van der Waals surface area contributed by atoms with Crippen LogP contribution in [-0.4, -0.2) is 59.2 Å². The molecule has 2 N–H and O–H groups in total. The van der Waals surface area contributed by atoms with E-state index in [-0.39, 0.29) is 0 Å². The maximum atomic E-state index is 10.9. The van der Waals surface area contributed by atoms with Crippen molar-refractivity contribution in [2.24, 2.45) is 5.92 Å². The maximum Gasteiger partial charge on any atom is 0.481 e. The first-order valence-electron chi connectivity index (χ1n) is 7.52. The van der Waals surface area contributed by atoms with Gasteiger partial charge in [-0.3, -0.25) is 4.98 Å². The summed E-state index contributed by atoms with van der Waals surface area (Å²) in [4.78, 5) is 4.83. The molecule has 0 aromatic carbocycles. The number of nitrogens with one attached hydrogen (secondary N) is 1. The fourth-order valence-electron chi connectivity index (χ4n) is 3.65. The summed E-state index contributed by atoms with van der Waals surface area (Å²) in [6, 6.07) is 3.91. The number of thiocarbonyl (C=S) groups is 1. The van der Waals surface area contributed by atoms with Crippen molar-refractivity contribution in [2.45, 2.75) is 24.9 Å².